The average Bonchev–Trinajstić information content (AvgIpc) is 2.26. The van der Waals surface area contributed by atoms with Crippen LogP contribution in [0.5, 0.6) is 0 Å². The van der Waals surface area contributed by atoms with Crippen molar-refractivity contribution in [1.82, 2.24) is 8.61 Å². The molecule has 1 fully saturated rings. The van der Waals surface area contributed by atoms with E-state index in [9.17, 15) is 16.8 Å². The fourth-order valence-electron chi connectivity index (χ4n) is 1.72. The van der Waals surface area contributed by atoms with Gasteiger partial charge in [-0.3, -0.25) is 0 Å². The summed E-state index contributed by atoms with van der Waals surface area (Å²) < 4.78 is 48.6. The molecule has 1 aliphatic heterocycles. The van der Waals surface area contributed by atoms with Crippen molar-refractivity contribution in [1.29, 1.82) is 0 Å². The van der Waals surface area contributed by atoms with Crippen LogP contribution in [0, 0.1) is 5.92 Å². The lowest BCUT2D eigenvalue weighted by molar-refractivity contribution is 0.272. The summed E-state index contributed by atoms with van der Waals surface area (Å²) in [5.74, 6) is 0.436. The van der Waals surface area contributed by atoms with Crippen LogP contribution in [0.15, 0.2) is 0 Å². The zero-order valence-corrected chi connectivity index (χ0v) is 12.4. The van der Waals surface area contributed by atoms with Crippen molar-refractivity contribution in [3.63, 3.8) is 0 Å². The lowest BCUT2D eigenvalue weighted by Gasteiger charge is -2.32. The summed E-state index contributed by atoms with van der Waals surface area (Å²) in [6, 6.07) is 0. The molecule has 0 atom stereocenters. The van der Waals surface area contributed by atoms with E-state index in [1.165, 1.54) is 4.31 Å². The maximum atomic E-state index is 12.0. The van der Waals surface area contributed by atoms with Crippen LogP contribution in [-0.2, 0) is 20.2 Å². The number of nitrogens with two attached hydrogens (primary N) is 1. The molecular formula is C9H21N3O4S2. The van der Waals surface area contributed by atoms with Crippen LogP contribution in [0.1, 0.15) is 20.3 Å². The third kappa shape index (κ3) is 4.47. The summed E-state index contributed by atoms with van der Waals surface area (Å²) in [5.41, 5.74) is 0. The molecule has 0 radical (unpaired) electrons. The normalized spacial score (nSPS) is 20.4. The topological polar surface area (TPSA) is 101 Å². The van der Waals surface area contributed by atoms with Crippen molar-refractivity contribution in [3.8, 4) is 0 Å². The molecule has 9 heteroatoms. The second-order valence-electron chi connectivity index (χ2n) is 4.84. The Morgan fingerprint density at radius 2 is 1.44 bits per heavy atom. The maximum absolute atomic E-state index is 12.0. The van der Waals surface area contributed by atoms with Gasteiger partial charge in [-0.05, 0) is 12.3 Å². The lowest BCUT2D eigenvalue weighted by atomic mass is 10.2. The number of sulfonamides is 1. The molecule has 0 spiro atoms. The van der Waals surface area contributed by atoms with E-state index in [0.717, 1.165) is 4.31 Å². The van der Waals surface area contributed by atoms with E-state index < -0.39 is 20.2 Å². The summed E-state index contributed by atoms with van der Waals surface area (Å²) >= 11 is 0. The molecule has 18 heavy (non-hydrogen) atoms. The highest BCUT2D eigenvalue weighted by molar-refractivity contribution is 7.89. The molecule has 0 aromatic heterocycles. The van der Waals surface area contributed by atoms with Gasteiger partial charge in [0.2, 0.25) is 10.0 Å². The van der Waals surface area contributed by atoms with E-state index in [-0.39, 0.29) is 31.9 Å². The average molecular weight is 299 g/mol. The van der Waals surface area contributed by atoms with Crippen LogP contribution in [0.3, 0.4) is 0 Å². The van der Waals surface area contributed by atoms with Crippen molar-refractivity contribution >= 4 is 20.2 Å². The van der Waals surface area contributed by atoms with Gasteiger partial charge in [-0.25, -0.2) is 13.6 Å². The van der Waals surface area contributed by atoms with E-state index >= 15 is 0 Å². The first-order chi connectivity index (χ1) is 8.13. The zero-order valence-electron chi connectivity index (χ0n) is 10.7. The molecular weight excluding hydrogens is 278 g/mol. The highest BCUT2D eigenvalue weighted by Gasteiger charge is 2.30. The Bertz CT molecular complexity index is 464. The van der Waals surface area contributed by atoms with Crippen LogP contribution in [0.25, 0.3) is 0 Å². The smallest absolute Gasteiger partial charge is 0.216 e. The predicted molar refractivity (Wildman–Crippen MR) is 69.5 cm³/mol. The first-order valence-corrected chi connectivity index (χ1v) is 9.00. The fourth-order valence-corrected chi connectivity index (χ4v) is 4.14. The molecule has 108 valence electrons. The Kier molecular flexibility index (Phi) is 5.13. The van der Waals surface area contributed by atoms with Crippen LogP contribution in [0.4, 0.5) is 0 Å². The number of hydrogen-bond donors (Lipinski definition) is 1. The third-order valence-electron chi connectivity index (χ3n) is 2.90. The van der Waals surface area contributed by atoms with Crippen molar-refractivity contribution in [2.75, 3.05) is 31.9 Å². The molecule has 2 N–H and O–H groups in total. The molecule has 7 nitrogen and oxygen atoms in total. The Hall–Kier alpha value is -0.220. The van der Waals surface area contributed by atoms with Gasteiger partial charge in [0.1, 0.15) is 0 Å². The minimum atomic E-state index is -3.71. The Labute approximate surface area is 109 Å². The van der Waals surface area contributed by atoms with E-state index in [0.29, 0.717) is 12.3 Å². The minimum absolute atomic E-state index is 0.111. The molecule has 0 unspecified atom stereocenters. The van der Waals surface area contributed by atoms with Crippen molar-refractivity contribution in [2.45, 2.75) is 20.3 Å². The van der Waals surface area contributed by atoms with Gasteiger partial charge in [-0.15, -0.1) is 0 Å². The van der Waals surface area contributed by atoms with Crippen LogP contribution in [-0.4, -0.2) is 57.4 Å². The van der Waals surface area contributed by atoms with Crippen molar-refractivity contribution in [2.24, 2.45) is 11.1 Å². The number of piperazine rings is 1. The number of hydrogen-bond acceptors (Lipinski definition) is 4. The SMILES string of the molecule is CC(C)CCS(=O)(=O)N1CCN(S(N)(=O)=O)CC1. The summed E-state index contributed by atoms with van der Waals surface area (Å²) in [7, 11) is -6.98. The van der Waals surface area contributed by atoms with Crippen LogP contribution < -0.4 is 5.14 Å². The van der Waals surface area contributed by atoms with Gasteiger partial charge >= 0.3 is 0 Å². The third-order valence-corrected chi connectivity index (χ3v) is 5.89. The highest BCUT2D eigenvalue weighted by Crippen LogP contribution is 2.12. The molecule has 0 bridgehead atoms. The standard InChI is InChI=1S/C9H21N3O4S2/c1-9(2)3-8-17(13,14)11-4-6-12(7-5-11)18(10,15)16/h9H,3-8H2,1-2H3,(H2,10,15,16). The largest absolute Gasteiger partial charge is 0.276 e. The molecule has 0 aromatic rings. The molecule has 1 saturated heterocycles. The van der Waals surface area contributed by atoms with Gasteiger partial charge in [-0.2, -0.15) is 17.0 Å². The fraction of sp³-hybridized carbons (Fsp3) is 1.00. The van der Waals surface area contributed by atoms with Crippen LogP contribution >= 0.6 is 0 Å². The van der Waals surface area contributed by atoms with E-state index in [1.54, 1.807) is 0 Å². The monoisotopic (exact) mass is 299 g/mol. The van der Waals surface area contributed by atoms with Gasteiger partial charge in [0, 0.05) is 26.2 Å². The van der Waals surface area contributed by atoms with Crippen molar-refractivity contribution < 1.29 is 16.8 Å². The summed E-state index contributed by atoms with van der Waals surface area (Å²) in [5, 5.41) is 4.99. The summed E-state index contributed by atoms with van der Waals surface area (Å²) in [4.78, 5) is 0. The predicted octanol–water partition coefficient (Wildman–Crippen LogP) is -0.817. The zero-order chi connectivity index (χ0) is 14.0. The highest BCUT2D eigenvalue weighted by atomic mass is 32.2. The first kappa shape index (κ1) is 15.8. The second-order valence-corrected chi connectivity index (χ2v) is 8.48. The number of nitrogens with zero attached hydrogens (tertiary/aromatic N) is 2. The maximum Gasteiger partial charge on any atom is 0.276 e. The first-order valence-electron chi connectivity index (χ1n) is 5.88. The van der Waals surface area contributed by atoms with Gasteiger partial charge in [0.05, 0.1) is 5.75 Å². The van der Waals surface area contributed by atoms with Crippen molar-refractivity contribution in [3.05, 3.63) is 0 Å². The van der Waals surface area contributed by atoms with E-state index in [2.05, 4.69) is 0 Å². The molecule has 0 amide bonds. The minimum Gasteiger partial charge on any atom is -0.216 e. The van der Waals surface area contributed by atoms with E-state index in [1.807, 2.05) is 13.8 Å². The summed E-state index contributed by atoms with van der Waals surface area (Å²) in [6.07, 6.45) is 0.609. The molecule has 0 saturated carbocycles. The molecule has 0 aliphatic carbocycles. The van der Waals surface area contributed by atoms with Crippen LogP contribution in [0.2, 0.25) is 0 Å². The second kappa shape index (κ2) is 5.83. The number of rotatable bonds is 5. The Morgan fingerprint density at radius 1 is 1.00 bits per heavy atom. The van der Waals surface area contributed by atoms with Gasteiger partial charge < -0.3 is 0 Å². The lowest BCUT2D eigenvalue weighted by Crippen LogP contribution is -2.52. The molecule has 1 aliphatic rings. The quantitative estimate of drug-likeness (QED) is 0.717. The molecule has 0 aromatic carbocycles. The van der Waals surface area contributed by atoms with E-state index in [4.69, 9.17) is 5.14 Å². The Morgan fingerprint density at radius 3 is 1.83 bits per heavy atom. The van der Waals surface area contributed by atoms with Gasteiger partial charge in [-0.1, -0.05) is 13.8 Å². The summed E-state index contributed by atoms with van der Waals surface area (Å²) in [6.45, 7) is 4.54. The van der Waals surface area contributed by atoms with Gasteiger partial charge in [0.25, 0.3) is 10.2 Å². The Balaban J connectivity index is 2.57. The van der Waals surface area contributed by atoms with Gasteiger partial charge in [0.15, 0.2) is 0 Å². The molecule has 1 rings (SSSR count). The molecule has 1 heterocycles.